The molecule has 1 saturated heterocycles. The fourth-order valence-corrected chi connectivity index (χ4v) is 2.25. The summed E-state index contributed by atoms with van der Waals surface area (Å²) in [6.07, 6.45) is 1.94. The second-order valence-electron chi connectivity index (χ2n) is 4.32. The van der Waals surface area contributed by atoms with Gasteiger partial charge in [0.2, 0.25) is 0 Å². The van der Waals surface area contributed by atoms with Gasteiger partial charge in [0.25, 0.3) is 0 Å². The molecular formula is C12H17FN2O. The van der Waals surface area contributed by atoms with E-state index in [1.807, 2.05) is 0 Å². The van der Waals surface area contributed by atoms with Crippen LogP contribution in [0.5, 0.6) is 5.75 Å². The van der Waals surface area contributed by atoms with Crippen LogP contribution in [0.15, 0.2) is 18.2 Å². The summed E-state index contributed by atoms with van der Waals surface area (Å²) in [6, 6.07) is 3.67. The normalized spacial score (nSPS) is 19.6. The van der Waals surface area contributed by atoms with Crippen LogP contribution >= 0.6 is 0 Å². The van der Waals surface area contributed by atoms with E-state index in [9.17, 15) is 9.50 Å². The highest BCUT2D eigenvalue weighted by Crippen LogP contribution is 2.32. The van der Waals surface area contributed by atoms with Crippen LogP contribution in [0.3, 0.4) is 0 Å². The molecule has 0 radical (unpaired) electrons. The summed E-state index contributed by atoms with van der Waals surface area (Å²) in [6.45, 7) is 1.88. The van der Waals surface area contributed by atoms with Crippen LogP contribution in [-0.4, -0.2) is 18.2 Å². The van der Waals surface area contributed by atoms with Crippen molar-refractivity contribution in [1.82, 2.24) is 5.32 Å². The Labute approximate surface area is 94.5 Å². The number of nitrogens with two attached hydrogens (primary N) is 1. The monoisotopic (exact) mass is 224 g/mol. The van der Waals surface area contributed by atoms with Crippen LogP contribution in [-0.2, 0) is 0 Å². The molecule has 1 aliphatic rings. The number of aromatic hydroxyl groups is 1. The lowest BCUT2D eigenvalue weighted by molar-refractivity contribution is 0.315. The Bertz CT molecular complexity index is 364. The van der Waals surface area contributed by atoms with Crippen LogP contribution in [0.2, 0.25) is 0 Å². The molecule has 4 N–H and O–H groups in total. The minimum atomic E-state index is -0.350. The minimum absolute atomic E-state index is 0.0902. The van der Waals surface area contributed by atoms with E-state index >= 15 is 0 Å². The molecule has 1 atom stereocenters. The van der Waals surface area contributed by atoms with Crippen molar-refractivity contribution in [3.05, 3.63) is 29.6 Å². The van der Waals surface area contributed by atoms with Gasteiger partial charge in [0.1, 0.15) is 11.6 Å². The molecule has 1 fully saturated rings. The number of piperidine rings is 1. The Hall–Kier alpha value is -1.13. The first-order valence-corrected chi connectivity index (χ1v) is 5.63. The SMILES string of the molecule is N[C@@H](c1cc(F)ccc1O)C1CCNCC1. The van der Waals surface area contributed by atoms with Crippen LogP contribution < -0.4 is 11.1 Å². The Morgan fingerprint density at radius 2 is 2.06 bits per heavy atom. The van der Waals surface area contributed by atoms with Gasteiger partial charge in [-0.25, -0.2) is 4.39 Å². The first kappa shape index (κ1) is 11.4. The fourth-order valence-electron chi connectivity index (χ4n) is 2.25. The number of phenolic OH excluding ortho intramolecular Hbond substituents is 1. The van der Waals surface area contributed by atoms with E-state index in [2.05, 4.69) is 5.32 Å². The van der Waals surface area contributed by atoms with E-state index in [0.717, 1.165) is 25.9 Å². The van der Waals surface area contributed by atoms with Crippen LogP contribution in [0, 0.1) is 11.7 Å². The van der Waals surface area contributed by atoms with Crippen molar-refractivity contribution in [1.29, 1.82) is 0 Å². The number of rotatable bonds is 2. The molecule has 0 aromatic heterocycles. The highest BCUT2D eigenvalue weighted by atomic mass is 19.1. The van der Waals surface area contributed by atoms with Gasteiger partial charge in [-0.15, -0.1) is 0 Å². The van der Waals surface area contributed by atoms with Crippen molar-refractivity contribution in [2.75, 3.05) is 13.1 Å². The molecule has 0 aliphatic carbocycles. The number of nitrogens with one attached hydrogen (secondary N) is 1. The Morgan fingerprint density at radius 1 is 1.38 bits per heavy atom. The van der Waals surface area contributed by atoms with Gasteiger partial charge in [-0.05, 0) is 50.0 Å². The lowest BCUT2D eigenvalue weighted by atomic mass is 9.86. The Kier molecular flexibility index (Phi) is 3.41. The summed E-state index contributed by atoms with van der Waals surface area (Å²) in [5.74, 6) is 0.0542. The molecule has 0 unspecified atom stereocenters. The minimum Gasteiger partial charge on any atom is -0.508 e. The number of halogens is 1. The summed E-state index contributed by atoms with van der Waals surface area (Å²) >= 11 is 0. The third kappa shape index (κ3) is 2.33. The molecule has 88 valence electrons. The van der Waals surface area contributed by atoms with Gasteiger partial charge in [-0.1, -0.05) is 0 Å². The summed E-state index contributed by atoms with van der Waals surface area (Å²) in [5, 5.41) is 12.9. The van der Waals surface area contributed by atoms with E-state index in [0.29, 0.717) is 11.5 Å². The van der Waals surface area contributed by atoms with Gasteiger partial charge < -0.3 is 16.2 Å². The smallest absolute Gasteiger partial charge is 0.123 e. The van der Waals surface area contributed by atoms with Gasteiger partial charge in [-0.2, -0.15) is 0 Å². The maximum absolute atomic E-state index is 13.1. The van der Waals surface area contributed by atoms with Crippen molar-refractivity contribution < 1.29 is 9.50 Å². The number of hydrogen-bond acceptors (Lipinski definition) is 3. The second kappa shape index (κ2) is 4.80. The highest BCUT2D eigenvalue weighted by Gasteiger charge is 2.23. The van der Waals surface area contributed by atoms with Gasteiger partial charge in [-0.3, -0.25) is 0 Å². The average molecular weight is 224 g/mol. The summed E-state index contributed by atoms with van der Waals surface area (Å²) in [4.78, 5) is 0. The van der Waals surface area contributed by atoms with E-state index in [-0.39, 0.29) is 17.6 Å². The van der Waals surface area contributed by atoms with Crippen LogP contribution in [0.1, 0.15) is 24.4 Å². The van der Waals surface area contributed by atoms with E-state index < -0.39 is 0 Å². The molecule has 0 amide bonds. The van der Waals surface area contributed by atoms with Crippen LogP contribution in [0.4, 0.5) is 4.39 Å². The number of hydrogen-bond donors (Lipinski definition) is 3. The Balaban J connectivity index is 2.18. The van der Waals surface area contributed by atoms with Crippen molar-refractivity contribution in [2.24, 2.45) is 11.7 Å². The topological polar surface area (TPSA) is 58.3 Å². The maximum atomic E-state index is 13.1. The highest BCUT2D eigenvalue weighted by molar-refractivity contribution is 5.35. The standard InChI is InChI=1S/C12H17FN2O/c13-9-1-2-11(16)10(7-9)12(14)8-3-5-15-6-4-8/h1-2,7-8,12,15-16H,3-6,14H2/t12-/m1/s1. The van der Waals surface area contributed by atoms with Crippen LogP contribution in [0.25, 0.3) is 0 Å². The predicted molar refractivity (Wildman–Crippen MR) is 60.6 cm³/mol. The number of benzene rings is 1. The van der Waals surface area contributed by atoms with Gasteiger partial charge in [0.05, 0.1) is 0 Å². The maximum Gasteiger partial charge on any atom is 0.123 e. The van der Waals surface area contributed by atoms with Crippen molar-refractivity contribution >= 4 is 0 Å². The number of phenols is 1. The molecule has 0 bridgehead atoms. The molecule has 16 heavy (non-hydrogen) atoms. The third-order valence-electron chi connectivity index (χ3n) is 3.24. The summed E-state index contributed by atoms with van der Waals surface area (Å²) in [7, 11) is 0. The molecule has 1 aromatic carbocycles. The van der Waals surface area contributed by atoms with E-state index in [4.69, 9.17) is 5.73 Å². The van der Waals surface area contributed by atoms with Gasteiger partial charge in [0, 0.05) is 11.6 Å². The zero-order valence-corrected chi connectivity index (χ0v) is 9.12. The summed E-state index contributed by atoms with van der Waals surface area (Å²) < 4.78 is 13.1. The quantitative estimate of drug-likeness (QED) is 0.714. The largest absolute Gasteiger partial charge is 0.508 e. The average Bonchev–Trinajstić information content (AvgIpc) is 2.32. The van der Waals surface area contributed by atoms with Crippen molar-refractivity contribution in [2.45, 2.75) is 18.9 Å². The molecule has 4 heteroatoms. The predicted octanol–water partition coefficient (Wildman–Crippen LogP) is 1.53. The van der Waals surface area contributed by atoms with E-state index in [1.54, 1.807) is 0 Å². The molecule has 1 heterocycles. The molecule has 2 rings (SSSR count). The fraction of sp³-hybridized carbons (Fsp3) is 0.500. The third-order valence-corrected chi connectivity index (χ3v) is 3.24. The summed E-state index contributed by atoms with van der Waals surface area (Å²) in [5.41, 5.74) is 6.61. The first-order valence-electron chi connectivity index (χ1n) is 5.63. The van der Waals surface area contributed by atoms with Crippen molar-refractivity contribution in [3.8, 4) is 5.75 Å². The molecule has 0 spiro atoms. The van der Waals surface area contributed by atoms with Gasteiger partial charge in [0.15, 0.2) is 0 Å². The van der Waals surface area contributed by atoms with Crippen molar-refractivity contribution in [3.63, 3.8) is 0 Å². The first-order chi connectivity index (χ1) is 7.68. The van der Waals surface area contributed by atoms with Gasteiger partial charge >= 0.3 is 0 Å². The molecule has 0 saturated carbocycles. The second-order valence-corrected chi connectivity index (χ2v) is 4.32. The Morgan fingerprint density at radius 3 is 2.75 bits per heavy atom. The lowest BCUT2D eigenvalue weighted by Crippen LogP contribution is -2.33. The molecule has 1 aromatic rings. The zero-order valence-electron chi connectivity index (χ0n) is 9.12. The molecule has 3 nitrogen and oxygen atoms in total. The molecule has 1 aliphatic heterocycles. The lowest BCUT2D eigenvalue weighted by Gasteiger charge is -2.28. The molecular weight excluding hydrogens is 207 g/mol. The van der Waals surface area contributed by atoms with E-state index in [1.165, 1.54) is 18.2 Å². The zero-order chi connectivity index (χ0) is 11.5.